The smallest absolute Gasteiger partial charge is 0.0575 e. The zero-order chi connectivity index (χ0) is 12.8. The molecule has 0 aromatic rings. The van der Waals surface area contributed by atoms with E-state index in [0.29, 0.717) is 11.5 Å². The molecule has 0 heterocycles. The molecule has 0 aromatic heterocycles. The van der Waals surface area contributed by atoms with Crippen molar-refractivity contribution in [1.29, 1.82) is 0 Å². The largest absolute Gasteiger partial charge is 0.378 e. The molecule has 2 aliphatic rings. The molecule has 0 aliphatic heterocycles. The zero-order valence-electron chi connectivity index (χ0n) is 12.3. The summed E-state index contributed by atoms with van der Waals surface area (Å²) in [5, 5.41) is 3.73. The van der Waals surface area contributed by atoms with Crippen LogP contribution >= 0.6 is 0 Å². The molecule has 0 spiro atoms. The van der Waals surface area contributed by atoms with E-state index in [9.17, 15) is 0 Å². The minimum Gasteiger partial charge on any atom is -0.378 e. The molecule has 1 N–H and O–H groups in total. The van der Waals surface area contributed by atoms with Gasteiger partial charge in [0.25, 0.3) is 0 Å². The summed E-state index contributed by atoms with van der Waals surface area (Å²) in [5.41, 5.74) is 0.504. The van der Waals surface area contributed by atoms with E-state index >= 15 is 0 Å². The maximum atomic E-state index is 5.96. The van der Waals surface area contributed by atoms with Crippen molar-refractivity contribution in [2.45, 2.75) is 83.8 Å². The molecule has 2 rings (SSSR count). The van der Waals surface area contributed by atoms with Crippen molar-refractivity contribution < 1.29 is 4.74 Å². The molecule has 0 bridgehead atoms. The van der Waals surface area contributed by atoms with Gasteiger partial charge in [-0.25, -0.2) is 0 Å². The van der Waals surface area contributed by atoms with Crippen molar-refractivity contribution in [3.63, 3.8) is 0 Å². The third-order valence-corrected chi connectivity index (χ3v) is 4.87. The van der Waals surface area contributed by atoms with Gasteiger partial charge in [-0.1, -0.05) is 39.5 Å². The fraction of sp³-hybridized carbons (Fsp3) is 1.00. The first-order valence-corrected chi connectivity index (χ1v) is 8.03. The highest BCUT2D eigenvalue weighted by atomic mass is 16.5. The van der Waals surface area contributed by atoms with Gasteiger partial charge >= 0.3 is 0 Å². The predicted octanol–water partition coefficient (Wildman–Crippen LogP) is 3.89. The van der Waals surface area contributed by atoms with Crippen LogP contribution < -0.4 is 5.32 Å². The highest BCUT2D eigenvalue weighted by Crippen LogP contribution is 2.37. The molecule has 0 radical (unpaired) electrons. The Hall–Kier alpha value is -0.0800. The highest BCUT2D eigenvalue weighted by Gasteiger charge is 2.33. The fourth-order valence-electron chi connectivity index (χ4n) is 3.54. The van der Waals surface area contributed by atoms with Crippen LogP contribution in [0.2, 0.25) is 0 Å². The Balaban J connectivity index is 1.51. The van der Waals surface area contributed by atoms with Crippen LogP contribution in [0.5, 0.6) is 0 Å². The topological polar surface area (TPSA) is 21.3 Å². The Labute approximate surface area is 113 Å². The third-order valence-electron chi connectivity index (χ3n) is 4.87. The number of rotatable bonds is 6. The minimum atomic E-state index is 0.504. The van der Waals surface area contributed by atoms with Gasteiger partial charge in [-0.2, -0.15) is 0 Å². The Bertz CT molecular complexity index is 233. The summed E-state index contributed by atoms with van der Waals surface area (Å²) < 4.78 is 5.96. The first-order chi connectivity index (χ1) is 8.68. The third kappa shape index (κ3) is 4.24. The van der Waals surface area contributed by atoms with Crippen LogP contribution in [-0.4, -0.2) is 25.3 Å². The van der Waals surface area contributed by atoms with E-state index in [1.165, 1.54) is 57.8 Å². The summed E-state index contributed by atoms with van der Waals surface area (Å²) in [4.78, 5) is 0. The highest BCUT2D eigenvalue weighted by molar-refractivity contribution is 4.89. The number of hydrogen-bond donors (Lipinski definition) is 1. The Morgan fingerprint density at radius 1 is 1.06 bits per heavy atom. The molecule has 2 saturated carbocycles. The molecular weight excluding hydrogens is 222 g/mol. The second kappa shape index (κ2) is 6.91. The zero-order valence-corrected chi connectivity index (χ0v) is 12.3. The van der Waals surface area contributed by atoms with Crippen molar-refractivity contribution in [2.24, 2.45) is 5.41 Å². The Morgan fingerprint density at radius 2 is 1.83 bits per heavy atom. The average molecular weight is 253 g/mol. The van der Waals surface area contributed by atoms with Gasteiger partial charge in [-0.05, 0) is 44.1 Å². The van der Waals surface area contributed by atoms with Crippen molar-refractivity contribution in [1.82, 2.24) is 5.32 Å². The normalized spacial score (nSPS) is 28.7. The molecule has 18 heavy (non-hydrogen) atoms. The van der Waals surface area contributed by atoms with Gasteiger partial charge < -0.3 is 10.1 Å². The van der Waals surface area contributed by atoms with Crippen LogP contribution in [0.1, 0.15) is 71.6 Å². The summed E-state index contributed by atoms with van der Waals surface area (Å²) in [6.07, 6.45) is 12.6. The van der Waals surface area contributed by atoms with Crippen LogP contribution in [-0.2, 0) is 4.74 Å². The lowest BCUT2D eigenvalue weighted by atomic mass is 9.87. The van der Waals surface area contributed by atoms with Gasteiger partial charge in [0.1, 0.15) is 0 Å². The van der Waals surface area contributed by atoms with E-state index in [1.54, 1.807) is 0 Å². The quantitative estimate of drug-likeness (QED) is 0.725. The number of ether oxygens (including phenoxy) is 1. The monoisotopic (exact) mass is 253 g/mol. The van der Waals surface area contributed by atoms with E-state index in [4.69, 9.17) is 4.74 Å². The molecule has 2 heteroatoms. The number of nitrogens with one attached hydrogen (secondary N) is 1. The number of hydrogen-bond acceptors (Lipinski definition) is 2. The molecule has 0 saturated heterocycles. The van der Waals surface area contributed by atoms with Crippen molar-refractivity contribution in [3.05, 3.63) is 0 Å². The second-order valence-corrected chi connectivity index (χ2v) is 6.87. The summed E-state index contributed by atoms with van der Waals surface area (Å²) in [6.45, 7) is 6.87. The van der Waals surface area contributed by atoms with E-state index in [1.807, 2.05) is 0 Å². The van der Waals surface area contributed by atoms with Gasteiger partial charge in [-0.3, -0.25) is 0 Å². The molecule has 106 valence electrons. The van der Waals surface area contributed by atoms with E-state index in [2.05, 4.69) is 19.2 Å². The van der Waals surface area contributed by atoms with Crippen LogP contribution in [0, 0.1) is 5.41 Å². The molecule has 2 fully saturated rings. The Kier molecular flexibility index (Phi) is 5.50. The summed E-state index contributed by atoms with van der Waals surface area (Å²) >= 11 is 0. The lowest BCUT2D eigenvalue weighted by Crippen LogP contribution is -2.38. The van der Waals surface area contributed by atoms with Crippen molar-refractivity contribution in [2.75, 3.05) is 13.2 Å². The van der Waals surface area contributed by atoms with Crippen LogP contribution in [0.25, 0.3) is 0 Å². The molecular formula is C16H31NO. The maximum Gasteiger partial charge on any atom is 0.0575 e. The molecule has 1 unspecified atom stereocenters. The first kappa shape index (κ1) is 14.3. The standard InChI is InChI=1S/C16H31NO/c1-16(2)11-6-10-15(16)17-12-7-13-18-14-8-4-3-5-9-14/h14-15,17H,3-13H2,1-2H3. The Morgan fingerprint density at radius 3 is 2.50 bits per heavy atom. The lowest BCUT2D eigenvalue weighted by Gasteiger charge is -2.28. The molecule has 2 aliphatic carbocycles. The minimum absolute atomic E-state index is 0.504. The van der Waals surface area contributed by atoms with E-state index in [0.717, 1.165) is 19.2 Å². The summed E-state index contributed by atoms with van der Waals surface area (Å²) in [7, 11) is 0. The van der Waals surface area contributed by atoms with Crippen molar-refractivity contribution in [3.8, 4) is 0 Å². The van der Waals surface area contributed by atoms with Crippen LogP contribution in [0.15, 0.2) is 0 Å². The van der Waals surface area contributed by atoms with Gasteiger partial charge in [0.2, 0.25) is 0 Å². The molecule has 2 nitrogen and oxygen atoms in total. The van der Waals surface area contributed by atoms with Gasteiger partial charge in [0.15, 0.2) is 0 Å². The van der Waals surface area contributed by atoms with Crippen molar-refractivity contribution >= 4 is 0 Å². The van der Waals surface area contributed by atoms with Crippen LogP contribution in [0.4, 0.5) is 0 Å². The lowest BCUT2D eigenvalue weighted by molar-refractivity contribution is 0.0268. The summed E-state index contributed by atoms with van der Waals surface area (Å²) in [6, 6.07) is 0.729. The SMILES string of the molecule is CC1(C)CCCC1NCCCOC1CCCCC1. The molecule has 0 amide bonds. The van der Waals surface area contributed by atoms with Gasteiger partial charge in [0.05, 0.1) is 6.10 Å². The van der Waals surface area contributed by atoms with Gasteiger partial charge in [-0.15, -0.1) is 0 Å². The van der Waals surface area contributed by atoms with Gasteiger partial charge in [0, 0.05) is 12.6 Å². The summed E-state index contributed by atoms with van der Waals surface area (Å²) in [5.74, 6) is 0. The van der Waals surface area contributed by atoms with Crippen LogP contribution in [0.3, 0.4) is 0 Å². The predicted molar refractivity (Wildman–Crippen MR) is 76.9 cm³/mol. The van der Waals surface area contributed by atoms with E-state index in [-0.39, 0.29) is 0 Å². The first-order valence-electron chi connectivity index (χ1n) is 8.03. The van der Waals surface area contributed by atoms with E-state index < -0.39 is 0 Å². The molecule has 1 atom stereocenters. The average Bonchev–Trinajstić information content (AvgIpc) is 2.70. The maximum absolute atomic E-state index is 5.96. The molecule has 0 aromatic carbocycles. The second-order valence-electron chi connectivity index (χ2n) is 6.87. The fourth-order valence-corrected chi connectivity index (χ4v) is 3.54.